The van der Waals surface area contributed by atoms with Crippen LogP contribution >= 0.6 is 22.9 Å². The molecule has 7 heteroatoms. The second-order valence-corrected chi connectivity index (χ2v) is 5.70. The predicted molar refractivity (Wildman–Crippen MR) is 79.7 cm³/mol. The maximum atomic E-state index is 11.0. The van der Waals surface area contributed by atoms with E-state index in [0.29, 0.717) is 16.3 Å². The number of aromatic nitrogens is 3. The van der Waals surface area contributed by atoms with Gasteiger partial charge in [-0.05, 0) is 29.7 Å². The van der Waals surface area contributed by atoms with Crippen molar-refractivity contribution in [2.75, 3.05) is 0 Å². The van der Waals surface area contributed by atoms with E-state index < -0.39 is 5.97 Å². The number of carboxylic acid groups (broad SMARTS) is 1. The highest BCUT2D eigenvalue weighted by Crippen LogP contribution is 2.29. The van der Waals surface area contributed by atoms with E-state index in [1.165, 1.54) is 22.9 Å². The molecule has 2 aromatic heterocycles. The Morgan fingerprint density at radius 2 is 2.20 bits per heavy atom. The maximum absolute atomic E-state index is 11.0. The largest absolute Gasteiger partial charge is 0.481 e. The second kappa shape index (κ2) is 5.48. The Bertz CT molecular complexity index is 745. The zero-order chi connectivity index (χ0) is 13.9. The van der Waals surface area contributed by atoms with Crippen molar-refractivity contribution in [3.05, 3.63) is 40.3 Å². The van der Waals surface area contributed by atoms with Crippen molar-refractivity contribution < 1.29 is 9.90 Å². The van der Waals surface area contributed by atoms with Crippen molar-refractivity contribution in [1.82, 2.24) is 14.6 Å². The fourth-order valence-electron chi connectivity index (χ4n) is 1.77. The molecule has 3 aromatic rings. The van der Waals surface area contributed by atoms with Gasteiger partial charge in [0, 0.05) is 11.0 Å². The number of hydrogen-bond donors (Lipinski definition) is 1. The van der Waals surface area contributed by atoms with Crippen molar-refractivity contribution in [1.29, 1.82) is 0 Å². The van der Waals surface area contributed by atoms with Gasteiger partial charge in [-0.1, -0.05) is 16.6 Å². The molecule has 3 rings (SSSR count). The Morgan fingerprint density at radius 3 is 2.90 bits per heavy atom. The molecule has 5 nitrogen and oxygen atoms in total. The van der Waals surface area contributed by atoms with Gasteiger partial charge in [-0.15, -0.1) is 16.4 Å². The van der Waals surface area contributed by atoms with Crippen LogP contribution < -0.4 is 0 Å². The number of thiazole rings is 1. The van der Waals surface area contributed by atoms with Crippen LogP contribution in [0.1, 0.15) is 17.1 Å². The van der Waals surface area contributed by atoms with E-state index in [1.807, 2.05) is 24.3 Å². The van der Waals surface area contributed by atoms with Crippen LogP contribution in [-0.4, -0.2) is 25.6 Å². The van der Waals surface area contributed by atoms with Crippen LogP contribution in [0, 0.1) is 0 Å². The molecule has 0 aliphatic carbocycles. The molecule has 0 bridgehead atoms. The molecule has 0 fully saturated rings. The topological polar surface area (TPSA) is 76.0 Å². The highest BCUT2D eigenvalue weighted by atomic mass is 32.1. The van der Waals surface area contributed by atoms with Crippen molar-refractivity contribution >= 4 is 50.7 Å². The third-order valence-electron chi connectivity index (χ3n) is 2.61. The molecule has 1 aromatic carbocycles. The van der Waals surface area contributed by atoms with Crippen LogP contribution in [0.2, 0.25) is 0 Å². The van der Waals surface area contributed by atoms with Crippen LogP contribution in [0.25, 0.3) is 21.9 Å². The summed E-state index contributed by atoms with van der Waals surface area (Å²) in [7, 11) is 0. The Morgan fingerprint density at radius 1 is 1.35 bits per heavy atom. The van der Waals surface area contributed by atoms with Crippen molar-refractivity contribution in [2.45, 2.75) is 6.42 Å². The summed E-state index contributed by atoms with van der Waals surface area (Å²) in [6.45, 7) is 0. The minimum absolute atomic E-state index is 0.0860. The molecule has 0 unspecified atom stereocenters. The van der Waals surface area contributed by atoms with Crippen LogP contribution in [0.4, 0.5) is 0 Å². The number of rotatable bonds is 4. The van der Waals surface area contributed by atoms with Crippen LogP contribution in [0.15, 0.2) is 29.6 Å². The third kappa shape index (κ3) is 2.73. The van der Waals surface area contributed by atoms with Crippen LogP contribution in [0.5, 0.6) is 0 Å². The molecule has 2 heterocycles. The number of carboxylic acids is 1. The Balaban J connectivity index is 2.06. The molecule has 20 heavy (non-hydrogen) atoms. The first kappa shape index (κ1) is 12.9. The number of para-hydroxylation sites is 1. The third-order valence-corrected chi connectivity index (χ3v) is 4.24. The minimum Gasteiger partial charge on any atom is -0.481 e. The van der Waals surface area contributed by atoms with Gasteiger partial charge in [-0.2, -0.15) is 0 Å². The van der Waals surface area contributed by atoms with Crippen molar-refractivity contribution in [3.63, 3.8) is 0 Å². The quantitative estimate of drug-likeness (QED) is 0.801. The first-order valence-electron chi connectivity index (χ1n) is 5.78. The summed E-state index contributed by atoms with van der Waals surface area (Å²) in [6, 6.07) is 7.74. The van der Waals surface area contributed by atoms with E-state index in [-0.39, 0.29) is 6.42 Å². The van der Waals surface area contributed by atoms with Gasteiger partial charge in [0.2, 0.25) is 0 Å². The zero-order valence-corrected chi connectivity index (χ0v) is 11.8. The lowest BCUT2D eigenvalue weighted by Gasteiger charge is -1.99. The summed E-state index contributed by atoms with van der Waals surface area (Å²) >= 11 is 2.71. The van der Waals surface area contributed by atoms with Gasteiger partial charge in [0.1, 0.15) is 5.01 Å². The van der Waals surface area contributed by atoms with E-state index in [4.69, 9.17) is 5.11 Å². The van der Waals surface area contributed by atoms with Crippen molar-refractivity contribution in [3.8, 4) is 0 Å². The molecule has 0 saturated heterocycles. The summed E-state index contributed by atoms with van der Waals surface area (Å²) in [5, 5.41) is 15.5. The number of carbonyl (C=O) groups is 1. The number of nitrogens with zero attached hydrogens (tertiary/aromatic N) is 3. The fourth-order valence-corrected chi connectivity index (χ4v) is 3.17. The standard InChI is InChI=1S/C13H9N3O2S2/c17-12(18)6-8(5-9-7-19-16-15-9)13-14-10-3-1-2-4-11(10)20-13/h1-5,7H,6H2,(H,17,18)/b8-5-. The molecule has 0 aliphatic heterocycles. The summed E-state index contributed by atoms with van der Waals surface area (Å²) in [5.74, 6) is -0.890. The second-order valence-electron chi connectivity index (χ2n) is 4.06. The van der Waals surface area contributed by atoms with E-state index in [2.05, 4.69) is 14.6 Å². The van der Waals surface area contributed by atoms with Gasteiger partial charge in [0.25, 0.3) is 0 Å². The summed E-state index contributed by atoms with van der Waals surface area (Å²) < 4.78 is 4.81. The molecular formula is C13H9N3O2S2. The van der Waals surface area contributed by atoms with Crippen molar-refractivity contribution in [2.24, 2.45) is 0 Å². The van der Waals surface area contributed by atoms with E-state index >= 15 is 0 Å². The van der Waals surface area contributed by atoms with E-state index in [9.17, 15) is 4.79 Å². The lowest BCUT2D eigenvalue weighted by atomic mass is 10.1. The smallest absolute Gasteiger partial charge is 0.307 e. The summed E-state index contributed by atoms with van der Waals surface area (Å²) in [4.78, 5) is 15.5. The van der Waals surface area contributed by atoms with Gasteiger partial charge < -0.3 is 5.11 Å². The summed E-state index contributed by atoms with van der Waals surface area (Å²) in [5.41, 5.74) is 2.18. The molecule has 0 atom stereocenters. The number of fused-ring (bicyclic) bond motifs is 1. The normalized spacial score (nSPS) is 11.9. The molecule has 1 N–H and O–H groups in total. The fraction of sp³-hybridized carbons (Fsp3) is 0.0769. The Labute approximate surface area is 122 Å². The average molecular weight is 303 g/mol. The van der Waals surface area contributed by atoms with Gasteiger partial charge in [0.15, 0.2) is 0 Å². The molecule has 100 valence electrons. The number of aliphatic carboxylic acids is 1. The predicted octanol–water partition coefficient (Wildman–Crippen LogP) is 3.16. The molecule has 0 amide bonds. The zero-order valence-electron chi connectivity index (χ0n) is 10.2. The van der Waals surface area contributed by atoms with Gasteiger partial charge in [0.05, 0.1) is 22.3 Å². The monoisotopic (exact) mass is 303 g/mol. The highest BCUT2D eigenvalue weighted by molar-refractivity contribution is 7.19. The SMILES string of the molecule is O=C(O)C/C(=C/c1csnn1)c1nc2ccccc2s1. The first-order chi connectivity index (χ1) is 9.72. The van der Waals surface area contributed by atoms with Gasteiger partial charge in [-0.25, -0.2) is 4.98 Å². The lowest BCUT2D eigenvalue weighted by Crippen LogP contribution is -1.97. The van der Waals surface area contributed by atoms with Gasteiger partial charge >= 0.3 is 5.97 Å². The van der Waals surface area contributed by atoms with Gasteiger partial charge in [-0.3, -0.25) is 4.79 Å². The first-order valence-corrected chi connectivity index (χ1v) is 7.43. The van der Waals surface area contributed by atoms with E-state index in [1.54, 1.807) is 11.5 Å². The highest BCUT2D eigenvalue weighted by Gasteiger charge is 2.13. The molecule has 0 aliphatic rings. The Hall–Kier alpha value is -2.12. The van der Waals surface area contributed by atoms with Crippen LogP contribution in [-0.2, 0) is 4.79 Å². The lowest BCUT2D eigenvalue weighted by molar-refractivity contribution is -0.135. The number of benzene rings is 1. The molecule has 0 radical (unpaired) electrons. The average Bonchev–Trinajstić information content (AvgIpc) is 3.05. The molecular weight excluding hydrogens is 294 g/mol. The summed E-state index contributed by atoms with van der Waals surface area (Å²) in [6.07, 6.45) is 1.65. The number of hydrogen-bond acceptors (Lipinski definition) is 6. The molecule has 0 saturated carbocycles. The Kier molecular flexibility index (Phi) is 3.53. The van der Waals surface area contributed by atoms with Crippen LogP contribution in [0.3, 0.4) is 0 Å². The maximum Gasteiger partial charge on any atom is 0.307 e. The van der Waals surface area contributed by atoms with E-state index in [0.717, 1.165) is 10.2 Å². The molecule has 0 spiro atoms. The minimum atomic E-state index is -0.890.